The molecule has 4 heteroatoms. The third-order valence-corrected chi connectivity index (χ3v) is 3.89. The smallest absolute Gasteiger partial charge is 0.123 e. The molecule has 0 amide bonds. The minimum atomic E-state index is -0.144. The molecule has 1 aliphatic rings. The number of nitrogens with zero attached hydrogens (tertiary/aromatic N) is 1. The summed E-state index contributed by atoms with van der Waals surface area (Å²) in [6, 6.07) is 7.49. The second kappa shape index (κ2) is 8.35. The van der Waals surface area contributed by atoms with Gasteiger partial charge in [-0.2, -0.15) is 0 Å². The highest BCUT2D eigenvalue weighted by molar-refractivity contribution is 5.16. The van der Waals surface area contributed by atoms with Crippen LogP contribution >= 0.6 is 0 Å². The summed E-state index contributed by atoms with van der Waals surface area (Å²) < 4.78 is 18.3. The van der Waals surface area contributed by atoms with E-state index < -0.39 is 0 Å². The molecule has 1 aliphatic heterocycles. The van der Waals surface area contributed by atoms with Gasteiger partial charge in [-0.15, -0.1) is 0 Å². The summed E-state index contributed by atoms with van der Waals surface area (Å²) in [6.45, 7) is 4.57. The number of hydrogen-bond donors (Lipinski definition) is 1. The van der Waals surface area contributed by atoms with Crippen LogP contribution in [0, 0.1) is 5.82 Å². The zero-order valence-electron chi connectivity index (χ0n) is 12.3. The summed E-state index contributed by atoms with van der Waals surface area (Å²) in [5.41, 5.74) is 1.06. The van der Waals surface area contributed by atoms with Gasteiger partial charge in [0.1, 0.15) is 5.82 Å². The highest BCUT2D eigenvalue weighted by Gasteiger charge is 2.21. The van der Waals surface area contributed by atoms with Crippen molar-refractivity contribution in [2.45, 2.75) is 31.8 Å². The number of hydrogen-bond acceptors (Lipinski definition) is 3. The third-order valence-electron chi connectivity index (χ3n) is 3.89. The molecule has 1 aromatic rings. The van der Waals surface area contributed by atoms with Crippen molar-refractivity contribution in [3.8, 4) is 0 Å². The molecule has 3 nitrogen and oxygen atoms in total. The number of nitrogens with one attached hydrogen (secondary N) is 1. The molecule has 0 radical (unpaired) electrons. The number of halogens is 1. The van der Waals surface area contributed by atoms with E-state index in [0.717, 1.165) is 38.3 Å². The lowest BCUT2D eigenvalue weighted by atomic mass is 10.0. The Bertz CT molecular complexity index is 400. The van der Waals surface area contributed by atoms with Crippen molar-refractivity contribution in [1.29, 1.82) is 0 Å². The fourth-order valence-corrected chi connectivity index (χ4v) is 2.81. The zero-order valence-corrected chi connectivity index (χ0v) is 12.3. The van der Waals surface area contributed by atoms with E-state index in [2.05, 4.69) is 10.2 Å². The molecule has 0 bridgehead atoms. The van der Waals surface area contributed by atoms with Crippen LogP contribution in [-0.2, 0) is 11.3 Å². The molecule has 112 valence electrons. The van der Waals surface area contributed by atoms with Gasteiger partial charge >= 0.3 is 0 Å². The SMILES string of the molecule is COCCNCC1CCCCN1Cc1cccc(F)c1. The summed E-state index contributed by atoms with van der Waals surface area (Å²) in [6.07, 6.45) is 3.75. The molecule has 0 spiro atoms. The monoisotopic (exact) mass is 280 g/mol. The molecular weight excluding hydrogens is 255 g/mol. The highest BCUT2D eigenvalue weighted by atomic mass is 19.1. The van der Waals surface area contributed by atoms with Crippen molar-refractivity contribution in [3.63, 3.8) is 0 Å². The van der Waals surface area contributed by atoms with Gasteiger partial charge in [-0.1, -0.05) is 18.6 Å². The first kappa shape index (κ1) is 15.4. The van der Waals surface area contributed by atoms with Crippen LogP contribution in [0.15, 0.2) is 24.3 Å². The Morgan fingerprint density at radius 3 is 3.10 bits per heavy atom. The van der Waals surface area contributed by atoms with Crippen molar-refractivity contribution in [1.82, 2.24) is 10.2 Å². The van der Waals surface area contributed by atoms with Gasteiger partial charge in [-0.05, 0) is 37.1 Å². The highest BCUT2D eigenvalue weighted by Crippen LogP contribution is 2.19. The summed E-state index contributed by atoms with van der Waals surface area (Å²) in [7, 11) is 1.72. The molecule has 1 atom stereocenters. The largest absolute Gasteiger partial charge is 0.383 e. The molecule has 1 aromatic carbocycles. The second-order valence-electron chi connectivity index (χ2n) is 5.45. The number of rotatable bonds is 7. The van der Waals surface area contributed by atoms with Gasteiger partial charge in [0.2, 0.25) is 0 Å². The van der Waals surface area contributed by atoms with Gasteiger partial charge in [0, 0.05) is 32.8 Å². The van der Waals surface area contributed by atoms with Crippen LogP contribution in [-0.4, -0.2) is 44.3 Å². The van der Waals surface area contributed by atoms with Crippen LogP contribution in [0.4, 0.5) is 4.39 Å². The van der Waals surface area contributed by atoms with Crippen molar-refractivity contribution < 1.29 is 9.13 Å². The molecule has 0 aliphatic carbocycles. The van der Waals surface area contributed by atoms with Gasteiger partial charge in [0.05, 0.1) is 6.61 Å². The maximum absolute atomic E-state index is 13.3. The molecule has 1 N–H and O–H groups in total. The summed E-state index contributed by atoms with van der Waals surface area (Å²) in [5.74, 6) is -0.144. The van der Waals surface area contributed by atoms with Crippen LogP contribution in [0.25, 0.3) is 0 Å². The first-order chi connectivity index (χ1) is 9.79. The molecule has 0 aromatic heterocycles. The van der Waals surface area contributed by atoms with E-state index in [1.807, 2.05) is 6.07 Å². The fraction of sp³-hybridized carbons (Fsp3) is 0.625. The summed E-state index contributed by atoms with van der Waals surface area (Å²) in [5, 5.41) is 3.44. The number of likely N-dealkylation sites (tertiary alicyclic amines) is 1. The maximum atomic E-state index is 13.3. The maximum Gasteiger partial charge on any atom is 0.123 e. The van der Waals surface area contributed by atoms with Gasteiger partial charge in [-0.25, -0.2) is 4.39 Å². The predicted octanol–water partition coefficient (Wildman–Crippen LogP) is 2.42. The lowest BCUT2D eigenvalue weighted by Crippen LogP contribution is -2.45. The first-order valence-corrected chi connectivity index (χ1v) is 7.48. The molecule has 1 saturated heterocycles. The van der Waals surface area contributed by atoms with Crippen molar-refractivity contribution >= 4 is 0 Å². The topological polar surface area (TPSA) is 24.5 Å². The van der Waals surface area contributed by atoms with E-state index in [9.17, 15) is 4.39 Å². The van der Waals surface area contributed by atoms with Crippen LogP contribution in [0.1, 0.15) is 24.8 Å². The summed E-state index contributed by atoms with van der Waals surface area (Å²) in [4.78, 5) is 2.47. The lowest BCUT2D eigenvalue weighted by Gasteiger charge is -2.36. The zero-order chi connectivity index (χ0) is 14.2. The molecular formula is C16H25FN2O. The summed E-state index contributed by atoms with van der Waals surface area (Å²) >= 11 is 0. The standard InChI is InChI=1S/C16H25FN2O/c1-20-10-8-18-12-16-7-2-3-9-19(16)13-14-5-4-6-15(17)11-14/h4-6,11,16,18H,2-3,7-10,12-13H2,1H3. The lowest BCUT2D eigenvalue weighted by molar-refractivity contribution is 0.133. The Morgan fingerprint density at radius 2 is 2.30 bits per heavy atom. The van der Waals surface area contributed by atoms with Crippen molar-refractivity contribution in [2.24, 2.45) is 0 Å². The average molecular weight is 280 g/mol. The normalized spacial score (nSPS) is 20.2. The van der Waals surface area contributed by atoms with Crippen molar-refractivity contribution in [2.75, 3.05) is 33.4 Å². The van der Waals surface area contributed by atoms with Crippen LogP contribution in [0.3, 0.4) is 0 Å². The average Bonchev–Trinajstić information content (AvgIpc) is 2.45. The molecule has 1 heterocycles. The fourth-order valence-electron chi connectivity index (χ4n) is 2.81. The third kappa shape index (κ3) is 4.85. The van der Waals surface area contributed by atoms with E-state index in [4.69, 9.17) is 4.74 Å². The molecule has 20 heavy (non-hydrogen) atoms. The minimum absolute atomic E-state index is 0.144. The molecule has 1 unspecified atom stereocenters. The van der Waals surface area contributed by atoms with E-state index >= 15 is 0 Å². The quantitative estimate of drug-likeness (QED) is 0.776. The van der Waals surface area contributed by atoms with Crippen LogP contribution in [0.5, 0.6) is 0 Å². The Labute approximate surface area is 121 Å². The Hall–Kier alpha value is -0.970. The number of methoxy groups -OCH3 is 1. The van der Waals surface area contributed by atoms with E-state index in [0.29, 0.717) is 6.04 Å². The first-order valence-electron chi connectivity index (χ1n) is 7.48. The van der Waals surface area contributed by atoms with Crippen molar-refractivity contribution in [3.05, 3.63) is 35.6 Å². The van der Waals surface area contributed by atoms with Gasteiger partial charge in [0.15, 0.2) is 0 Å². The Morgan fingerprint density at radius 1 is 1.40 bits per heavy atom. The van der Waals surface area contributed by atoms with Gasteiger partial charge < -0.3 is 10.1 Å². The minimum Gasteiger partial charge on any atom is -0.383 e. The van der Waals surface area contributed by atoms with E-state index in [1.165, 1.54) is 25.3 Å². The van der Waals surface area contributed by atoms with E-state index in [-0.39, 0.29) is 5.82 Å². The molecule has 0 saturated carbocycles. The molecule has 1 fully saturated rings. The number of benzene rings is 1. The van der Waals surface area contributed by atoms with Gasteiger partial charge in [-0.3, -0.25) is 4.90 Å². The predicted molar refractivity (Wildman–Crippen MR) is 79.2 cm³/mol. The van der Waals surface area contributed by atoms with Crippen LogP contribution in [0.2, 0.25) is 0 Å². The van der Waals surface area contributed by atoms with E-state index in [1.54, 1.807) is 19.2 Å². The number of piperidine rings is 1. The Kier molecular flexibility index (Phi) is 6.43. The number of ether oxygens (including phenoxy) is 1. The van der Waals surface area contributed by atoms with Crippen LogP contribution < -0.4 is 5.32 Å². The Balaban J connectivity index is 1.86. The molecule has 2 rings (SSSR count). The van der Waals surface area contributed by atoms with Gasteiger partial charge in [0.25, 0.3) is 0 Å². The second-order valence-corrected chi connectivity index (χ2v) is 5.45.